The predicted molar refractivity (Wildman–Crippen MR) is 52.9 cm³/mol. The Balaban J connectivity index is 1.69. The number of rotatable bonds is 1. The lowest BCUT2D eigenvalue weighted by molar-refractivity contribution is 0.349. The highest BCUT2D eigenvalue weighted by Gasteiger charge is 2.65. The van der Waals surface area contributed by atoms with E-state index in [1.54, 1.807) is 0 Å². The maximum atomic E-state index is 5.63. The van der Waals surface area contributed by atoms with Crippen molar-refractivity contribution in [2.75, 3.05) is 6.54 Å². The molecule has 4 rings (SSSR count). The fraction of sp³-hybridized carbons (Fsp3) is 0.667. The molecule has 2 unspecified atom stereocenters. The van der Waals surface area contributed by atoms with Crippen LogP contribution in [-0.2, 0) is 6.42 Å². The van der Waals surface area contributed by atoms with Crippen LogP contribution in [0.2, 0.25) is 0 Å². The molecule has 0 aromatic carbocycles. The first kappa shape index (κ1) is 7.52. The van der Waals surface area contributed by atoms with E-state index in [4.69, 9.17) is 4.42 Å². The van der Waals surface area contributed by atoms with Gasteiger partial charge in [0, 0.05) is 0 Å². The Morgan fingerprint density at radius 2 is 2.36 bits per heavy atom. The molecule has 2 atom stereocenters. The van der Waals surface area contributed by atoms with Gasteiger partial charge in [0.05, 0.1) is 12.3 Å². The minimum absolute atomic E-state index is 0.538. The number of nitrogens with one attached hydrogen (secondary N) is 1. The van der Waals surface area contributed by atoms with Gasteiger partial charge in [0.15, 0.2) is 0 Å². The van der Waals surface area contributed by atoms with Gasteiger partial charge in [-0.15, -0.1) is 0 Å². The molecular weight excluding hydrogens is 174 g/mol. The third-order valence-corrected chi connectivity index (χ3v) is 4.37. The van der Waals surface area contributed by atoms with Gasteiger partial charge < -0.3 is 9.73 Å². The summed E-state index contributed by atoms with van der Waals surface area (Å²) < 4.78 is 5.63. The van der Waals surface area contributed by atoms with Crippen LogP contribution in [0.5, 0.6) is 0 Å². The van der Waals surface area contributed by atoms with Crippen molar-refractivity contribution in [1.29, 1.82) is 0 Å². The van der Waals surface area contributed by atoms with Crippen molar-refractivity contribution in [1.82, 2.24) is 5.32 Å². The van der Waals surface area contributed by atoms with E-state index in [0.29, 0.717) is 6.04 Å². The van der Waals surface area contributed by atoms with Gasteiger partial charge in [-0.3, -0.25) is 0 Å². The normalized spacial score (nSPS) is 36.9. The number of hydrogen-bond donors (Lipinski definition) is 1. The Labute approximate surface area is 83.7 Å². The van der Waals surface area contributed by atoms with E-state index < -0.39 is 0 Å². The molecule has 1 aliphatic heterocycles. The molecule has 1 spiro atoms. The summed E-state index contributed by atoms with van der Waals surface area (Å²) >= 11 is 0. The molecule has 0 bridgehead atoms. The second kappa shape index (κ2) is 2.25. The molecule has 2 heterocycles. The smallest absolute Gasteiger partial charge is 0.124 e. The summed E-state index contributed by atoms with van der Waals surface area (Å²) in [5.74, 6) is 2.12. The van der Waals surface area contributed by atoms with Gasteiger partial charge in [-0.25, -0.2) is 0 Å². The second-order valence-electron chi connectivity index (χ2n) is 5.16. The molecule has 2 fully saturated rings. The molecular formula is C12H15NO. The molecule has 2 nitrogen and oxygen atoms in total. The summed E-state index contributed by atoms with van der Waals surface area (Å²) in [6, 6.07) is 2.68. The third-order valence-electron chi connectivity index (χ3n) is 4.37. The zero-order chi connectivity index (χ0) is 9.17. The first-order valence-electron chi connectivity index (χ1n) is 5.69. The highest BCUT2D eigenvalue weighted by Crippen LogP contribution is 2.74. The topological polar surface area (TPSA) is 25.2 Å². The molecule has 14 heavy (non-hydrogen) atoms. The van der Waals surface area contributed by atoms with Crippen molar-refractivity contribution in [3.63, 3.8) is 0 Å². The summed E-state index contributed by atoms with van der Waals surface area (Å²) in [7, 11) is 0. The third kappa shape index (κ3) is 0.850. The highest BCUT2D eigenvalue weighted by atomic mass is 16.3. The van der Waals surface area contributed by atoms with Crippen molar-refractivity contribution in [2.24, 2.45) is 11.3 Å². The molecule has 1 aromatic rings. The summed E-state index contributed by atoms with van der Waals surface area (Å²) in [5, 5.41) is 3.63. The lowest BCUT2D eigenvalue weighted by Gasteiger charge is -2.23. The first-order valence-corrected chi connectivity index (χ1v) is 5.69. The van der Waals surface area contributed by atoms with Gasteiger partial charge >= 0.3 is 0 Å². The van der Waals surface area contributed by atoms with Crippen LogP contribution >= 0.6 is 0 Å². The minimum Gasteiger partial charge on any atom is -0.467 e. The summed E-state index contributed by atoms with van der Waals surface area (Å²) in [4.78, 5) is 0. The molecule has 0 saturated heterocycles. The van der Waals surface area contributed by atoms with E-state index in [1.807, 2.05) is 6.26 Å². The summed E-state index contributed by atoms with van der Waals surface area (Å²) in [5.41, 5.74) is 2.20. The molecule has 0 amide bonds. The Morgan fingerprint density at radius 3 is 3.14 bits per heavy atom. The Morgan fingerprint density at radius 1 is 1.43 bits per heavy atom. The van der Waals surface area contributed by atoms with Crippen LogP contribution in [-0.4, -0.2) is 6.54 Å². The molecule has 74 valence electrons. The average Bonchev–Trinajstić information content (AvgIpc) is 3.08. The molecule has 3 aliphatic rings. The van der Waals surface area contributed by atoms with Gasteiger partial charge in [0.2, 0.25) is 0 Å². The molecule has 2 saturated carbocycles. The van der Waals surface area contributed by atoms with Crippen LogP contribution in [0.25, 0.3) is 0 Å². The minimum atomic E-state index is 0.538. The lowest BCUT2D eigenvalue weighted by atomic mass is 9.98. The zero-order valence-electron chi connectivity index (χ0n) is 8.25. The van der Waals surface area contributed by atoms with Crippen LogP contribution in [0.1, 0.15) is 36.6 Å². The van der Waals surface area contributed by atoms with Crippen molar-refractivity contribution in [3.05, 3.63) is 23.7 Å². The molecule has 1 aromatic heterocycles. The largest absolute Gasteiger partial charge is 0.467 e. The fourth-order valence-corrected chi connectivity index (χ4v) is 3.19. The number of fused-ring (bicyclic) bond motifs is 1. The Kier molecular flexibility index (Phi) is 1.21. The van der Waals surface area contributed by atoms with Gasteiger partial charge in [-0.05, 0) is 55.2 Å². The molecule has 1 N–H and O–H groups in total. The summed E-state index contributed by atoms with van der Waals surface area (Å²) in [6.07, 6.45) is 7.36. The van der Waals surface area contributed by atoms with E-state index in [0.717, 1.165) is 24.3 Å². The summed E-state index contributed by atoms with van der Waals surface area (Å²) in [6.45, 7) is 1.13. The van der Waals surface area contributed by atoms with E-state index in [9.17, 15) is 0 Å². The molecule has 0 radical (unpaired) electrons. The first-order chi connectivity index (χ1) is 6.89. The van der Waals surface area contributed by atoms with Gasteiger partial charge in [0.25, 0.3) is 0 Å². The lowest BCUT2D eigenvalue weighted by Crippen LogP contribution is -2.30. The van der Waals surface area contributed by atoms with Crippen molar-refractivity contribution >= 4 is 0 Å². The van der Waals surface area contributed by atoms with Gasteiger partial charge in [-0.2, -0.15) is 0 Å². The van der Waals surface area contributed by atoms with Crippen LogP contribution in [0.4, 0.5) is 0 Å². The maximum Gasteiger partial charge on any atom is 0.124 e. The SMILES string of the molecule is c1cc2c(o1)C(C1CC13CC3)NCC2. The van der Waals surface area contributed by atoms with Gasteiger partial charge in [0.1, 0.15) is 5.76 Å². The monoisotopic (exact) mass is 189 g/mol. The predicted octanol–water partition coefficient (Wildman–Crippen LogP) is 2.27. The molecule has 2 aliphatic carbocycles. The van der Waals surface area contributed by atoms with E-state index in [-0.39, 0.29) is 0 Å². The standard InChI is InChI=1S/C12H15NO/c1-5-13-10(9-7-12(9)3-4-12)11-8(1)2-6-14-11/h2,6,9-10,13H,1,3-5,7H2. The van der Waals surface area contributed by atoms with Gasteiger partial charge in [-0.1, -0.05) is 0 Å². The fourth-order valence-electron chi connectivity index (χ4n) is 3.19. The Hall–Kier alpha value is -0.760. The van der Waals surface area contributed by atoms with E-state index in [1.165, 1.54) is 30.6 Å². The van der Waals surface area contributed by atoms with Crippen LogP contribution in [0, 0.1) is 11.3 Å². The van der Waals surface area contributed by atoms with Crippen molar-refractivity contribution in [2.45, 2.75) is 31.7 Å². The van der Waals surface area contributed by atoms with E-state index in [2.05, 4.69) is 11.4 Å². The van der Waals surface area contributed by atoms with Crippen molar-refractivity contribution < 1.29 is 4.42 Å². The van der Waals surface area contributed by atoms with Crippen LogP contribution in [0.15, 0.2) is 16.7 Å². The van der Waals surface area contributed by atoms with Crippen molar-refractivity contribution in [3.8, 4) is 0 Å². The van der Waals surface area contributed by atoms with Crippen LogP contribution < -0.4 is 5.32 Å². The zero-order valence-corrected chi connectivity index (χ0v) is 8.25. The molecule has 2 heteroatoms. The number of hydrogen-bond acceptors (Lipinski definition) is 2. The average molecular weight is 189 g/mol. The van der Waals surface area contributed by atoms with E-state index >= 15 is 0 Å². The second-order valence-corrected chi connectivity index (χ2v) is 5.16. The van der Waals surface area contributed by atoms with Crippen LogP contribution in [0.3, 0.4) is 0 Å². The highest BCUT2D eigenvalue weighted by molar-refractivity contribution is 5.29. The number of furan rings is 1. The Bertz CT molecular complexity index is 377. The maximum absolute atomic E-state index is 5.63. The quantitative estimate of drug-likeness (QED) is 0.733.